The van der Waals surface area contributed by atoms with E-state index in [1.165, 1.54) is 122 Å². The molecule has 9 nitrogen and oxygen atoms in total. The van der Waals surface area contributed by atoms with Crippen LogP contribution >= 0.6 is 0 Å². The predicted octanol–water partition coefficient (Wildman–Crippen LogP) is 20.0. The number of hydrogen-bond donors (Lipinski definition) is 0. The number of hydrogen-bond acceptors (Lipinski definition) is 8. The lowest BCUT2D eigenvalue weighted by atomic mass is 10.0. The second-order valence-corrected chi connectivity index (χ2v) is 23.7. The van der Waals surface area contributed by atoms with Crippen molar-refractivity contribution in [1.29, 1.82) is 0 Å². The summed E-state index contributed by atoms with van der Waals surface area (Å²) in [7, 11) is 5.92. The Kier molecular flexibility index (Phi) is 61.9. The normalized spacial score (nSPS) is 13.6. The van der Waals surface area contributed by atoms with Gasteiger partial charge in [0.2, 0.25) is 0 Å². The van der Waals surface area contributed by atoms with Crippen LogP contribution in [0.2, 0.25) is 0 Å². The third-order valence-corrected chi connectivity index (χ3v) is 14.4. The molecule has 0 spiro atoms. The highest BCUT2D eigenvalue weighted by atomic mass is 16.7. The van der Waals surface area contributed by atoms with E-state index >= 15 is 0 Å². The van der Waals surface area contributed by atoms with Gasteiger partial charge in [-0.15, -0.1) is 0 Å². The Morgan fingerprint density at radius 2 is 0.635 bits per heavy atom. The number of nitrogens with zero attached hydrogens (tertiary/aromatic N) is 1. The minimum atomic E-state index is -1.63. The SMILES string of the molecule is CC/C=C\C/C=C\C/C=C\C/C=C\C/C=C\C/C=C\C/C=C\CCCCCCCCCCCCCC(=O)OC(COC(=O)CCCCCCCCCCCCCCCC/C=C\C/C=C\C/C=C\C/C=C\CC)COC(OCC[N+](C)(C)C)C(=O)[O-]. The summed E-state index contributed by atoms with van der Waals surface area (Å²) in [6.07, 6.45) is 90.9. The van der Waals surface area contributed by atoms with Crippen molar-refractivity contribution in [2.75, 3.05) is 47.5 Å². The largest absolute Gasteiger partial charge is 0.545 e. The van der Waals surface area contributed by atoms with Gasteiger partial charge in [-0.05, 0) is 109 Å². The number of likely N-dealkylation sites (N-methyl/N-ethyl adjacent to an activating group) is 1. The van der Waals surface area contributed by atoms with Gasteiger partial charge in [-0.3, -0.25) is 9.59 Å². The number of carbonyl (C=O) groups excluding carboxylic acids is 3. The minimum absolute atomic E-state index is 0.141. The molecule has 0 radical (unpaired) electrons. The van der Waals surface area contributed by atoms with Gasteiger partial charge in [0.15, 0.2) is 12.4 Å². The number of carbonyl (C=O) groups is 3. The Bertz CT molecular complexity index is 1860. The summed E-state index contributed by atoms with van der Waals surface area (Å²) in [6, 6.07) is 0. The lowest BCUT2D eigenvalue weighted by molar-refractivity contribution is -0.870. The van der Waals surface area contributed by atoms with Crippen LogP contribution in [0.4, 0.5) is 0 Å². The first-order valence-electron chi connectivity index (χ1n) is 34.3. The first-order valence-corrected chi connectivity index (χ1v) is 34.3. The number of quaternary nitrogens is 1. The molecule has 0 saturated carbocycles. The molecule has 2 unspecified atom stereocenters. The standard InChI is InChI=1S/C76H127NO8/c1-6-8-10-12-14-16-18-20-22-24-26-28-30-32-34-35-36-37-38-39-41-43-45-47-49-51-53-55-57-59-61-63-65-67-74(79)85-72(71-84-76(75(80)81)82-69-68-77(3,4)5)70-83-73(78)66-64-62-60-58-56-54-52-50-48-46-44-42-40-33-31-29-27-25-23-21-19-17-15-13-11-9-7-2/h8-11,14-17,20-23,26-29,32,34,36-37,39,41,72,76H,6-7,12-13,18-19,24-25,30-31,33,35,38,40,42-71H2,1-5H3/b10-8-,11-9-,16-14-,17-15-,22-20-,23-21-,28-26-,29-27-,34-32-,37-36-,41-39-. The van der Waals surface area contributed by atoms with E-state index in [1.807, 2.05) is 21.1 Å². The Labute approximate surface area is 522 Å². The maximum Gasteiger partial charge on any atom is 0.306 e. The predicted molar refractivity (Wildman–Crippen MR) is 361 cm³/mol. The summed E-state index contributed by atoms with van der Waals surface area (Å²) in [5.74, 6) is -2.29. The van der Waals surface area contributed by atoms with Crippen LogP contribution in [-0.2, 0) is 33.3 Å². The molecule has 0 aromatic heterocycles. The van der Waals surface area contributed by atoms with Crippen molar-refractivity contribution in [2.24, 2.45) is 0 Å². The topological polar surface area (TPSA) is 111 Å². The molecular weight excluding hydrogens is 1050 g/mol. The van der Waals surface area contributed by atoms with Gasteiger partial charge in [0.1, 0.15) is 13.2 Å². The van der Waals surface area contributed by atoms with Crippen LogP contribution in [0.5, 0.6) is 0 Å². The van der Waals surface area contributed by atoms with Gasteiger partial charge in [0, 0.05) is 12.8 Å². The number of unbranched alkanes of at least 4 members (excludes halogenated alkanes) is 25. The molecule has 0 bridgehead atoms. The molecule has 484 valence electrons. The summed E-state index contributed by atoms with van der Waals surface area (Å²) in [4.78, 5) is 37.5. The number of carboxylic acids is 1. The first-order chi connectivity index (χ1) is 41.6. The van der Waals surface area contributed by atoms with Crippen LogP contribution in [0.1, 0.15) is 271 Å². The van der Waals surface area contributed by atoms with Gasteiger partial charge in [-0.25, -0.2) is 0 Å². The van der Waals surface area contributed by atoms with Gasteiger partial charge in [0.25, 0.3) is 0 Å². The molecule has 0 heterocycles. The fourth-order valence-electron chi connectivity index (χ4n) is 9.22. The average Bonchev–Trinajstić information content (AvgIpc) is 3.49. The number of rotatable bonds is 62. The highest BCUT2D eigenvalue weighted by Gasteiger charge is 2.22. The lowest BCUT2D eigenvalue weighted by Gasteiger charge is -2.26. The molecule has 0 saturated heterocycles. The van der Waals surface area contributed by atoms with Crippen molar-refractivity contribution < 1.29 is 42.9 Å². The van der Waals surface area contributed by atoms with Gasteiger partial charge < -0.3 is 33.3 Å². The summed E-state index contributed by atoms with van der Waals surface area (Å²) >= 11 is 0. The summed E-state index contributed by atoms with van der Waals surface area (Å²) in [6.45, 7) is 4.53. The van der Waals surface area contributed by atoms with Crippen LogP contribution < -0.4 is 5.11 Å². The summed E-state index contributed by atoms with van der Waals surface area (Å²) in [5, 5.41) is 11.8. The molecule has 0 aromatic rings. The number of esters is 2. The van der Waals surface area contributed by atoms with Crippen molar-refractivity contribution in [3.8, 4) is 0 Å². The molecule has 2 atom stereocenters. The van der Waals surface area contributed by atoms with E-state index in [2.05, 4.69) is 148 Å². The maximum atomic E-state index is 12.9. The number of allylic oxidation sites excluding steroid dienone is 22. The molecule has 0 rings (SSSR count). The third kappa shape index (κ3) is 66.8. The second-order valence-electron chi connectivity index (χ2n) is 23.7. The van der Waals surface area contributed by atoms with Crippen LogP contribution in [0.25, 0.3) is 0 Å². The molecule has 0 aromatic carbocycles. The monoisotopic (exact) mass is 1180 g/mol. The van der Waals surface area contributed by atoms with E-state index in [0.29, 0.717) is 17.4 Å². The molecule has 0 aliphatic rings. The van der Waals surface area contributed by atoms with Crippen LogP contribution in [0.3, 0.4) is 0 Å². The molecule has 0 aliphatic carbocycles. The van der Waals surface area contributed by atoms with E-state index in [1.54, 1.807) is 0 Å². The third-order valence-electron chi connectivity index (χ3n) is 14.4. The van der Waals surface area contributed by atoms with E-state index in [0.717, 1.165) is 116 Å². The highest BCUT2D eigenvalue weighted by molar-refractivity contribution is 5.70. The lowest BCUT2D eigenvalue weighted by Crippen LogP contribution is -2.44. The van der Waals surface area contributed by atoms with Crippen molar-refractivity contribution >= 4 is 17.9 Å². The van der Waals surface area contributed by atoms with Gasteiger partial charge in [-0.2, -0.15) is 0 Å². The van der Waals surface area contributed by atoms with E-state index in [9.17, 15) is 19.5 Å². The zero-order valence-corrected chi connectivity index (χ0v) is 55.2. The Hall–Kier alpha value is -4.57. The molecule has 0 fully saturated rings. The smallest absolute Gasteiger partial charge is 0.306 e. The second kappa shape index (κ2) is 65.4. The van der Waals surface area contributed by atoms with Crippen molar-refractivity contribution in [3.05, 3.63) is 134 Å². The van der Waals surface area contributed by atoms with Crippen LogP contribution in [-0.4, -0.2) is 82.3 Å². The van der Waals surface area contributed by atoms with E-state index < -0.39 is 24.3 Å². The van der Waals surface area contributed by atoms with Crippen molar-refractivity contribution in [1.82, 2.24) is 0 Å². The summed E-state index contributed by atoms with van der Waals surface area (Å²) in [5.41, 5.74) is 0. The molecule has 0 N–H and O–H groups in total. The minimum Gasteiger partial charge on any atom is -0.545 e. The fourth-order valence-corrected chi connectivity index (χ4v) is 9.22. The highest BCUT2D eigenvalue weighted by Crippen LogP contribution is 2.17. The molecule has 85 heavy (non-hydrogen) atoms. The quantitative estimate of drug-likeness (QED) is 0.0195. The molecule has 0 aliphatic heterocycles. The van der Waals surface area contributed by atoms with Gasteiger partial charge in [-0.1, -0.05) is 282 Å². The maximum absolute atomic E-state index is 12.9. The Morgan fingerprint density at radius 1 is 0.353 bits per heavy atom. The van der Waals surface area contributed by atoms with Crippen LogP contribution in [0, 0.1) is 0 Å². The van der Waals surface area contributed by atoms with Gasteiger partial charge in [0.05, 0.1) is 40.3 Å². The van der Waals surface area contributed by atoms with Crippen LogP contribution in [0.15, 0.2) is 134 Å². The Balaban J connectivity index is 4.16. The van der Waals surface area contributed by atoms with Crippen molar-refractivity contribution in [3.63, 3.8) is 0 Å². The zero-order valence-electron chi connectivity index (χ0n) is 55.2. The molecule has 9 heteroatoms. The van der Waals surface area contributed by atoms with E-state index in [4.69, 9.17) is 18.9 Å². The number of aliphatic carboxylic acids is 1. The Morgan fingerprint density at radius 3 is 0.941 bits per heavy atom. The molecular formula is C76H127NO8. The van der Waals surface area contributed by atoms with Crippen molar-refractivity contribution in [2.45, 2.75) is 283 Å². The number of ether oxygens (including phenoxy) is 4. The van der Waals surface area contributed by atoms with Gasteiger partial charge >= 0.3 is 11.9 Å². The van der Waals surface area contributed by atoms with E-state index in [-0.39, 0.29) is 38.6 Å². The fraction of sp³-hybridized carbons (Fsp3) is 0.671. The average molecular weight is 1180 g/mol. The first kappa shape index (κ1) is 80.4. The summed E-state index contributed by atoms with van der Waals surface area (Å²) < 4.78 is 22.8. The zero-order chi connectivity index (χ0) is 61.9. The molecule has 0 amide bonds. The number of carboxylic acid groups (broad SMARTS) is 1.